The number of Topliss-reactive ketones (excluding diaryl/α,β-unsaturated/α-hetero) is 1. The van der Waals surface area contributed by atoms with Crippen molar-refractivity contribution in [2.45, 2.75) is 131 Å². The first-order valence-corrected chi connectivity index (χ1v) is 18.7. The van der Waals surface area contributed by atoms with E-state index in [-0.39, 0.29) is 39.5 Å². The molecule has 12 nitrogen and oxygen atoms in total. The van der Waals surface area contributed by atoms with Crippen LogP contribution < -0.4 is 27.0 Å². The fourth-order valence-electron chi connectivity index (χ4n) is 9.63. The number of urea groups is 1. The van der Waals surface area contributed by atoms with Crippen LogP contribution >= 0.6 is 0 Å². The van der Waals surface area contributed by atoms with Crippen molar-refractivity contribution in [3.8, 4) is 0 Å². The van der Waals surface area contributed by atoms with Crippen LogP contribution in [-0.4, -0.2) is 103 Å². The highest BCUT2D eigenvalue weighted by Gasteiger charge is 2.85. The number of amides is 5. The van der Waals surface area contributed by atoms with Gasteiger partial charge in [-0.25, -0.2) is 4.79 Å². The molecule has 3 saturated carbocycles. The van der Waals surface area contributed by atoms with Gasteiger partial charge in [-0.3, -0.25) is 24.1 Å². The number of rotatable bonds is 11. The number of nitrogens with zero attached hydrogens (tertiary/aromatic N) is 2. The van der Waals surface area contributed by atoms with Crippen LogP contribution in [0.2, 0.25) is 0 Å². The quantitative estimate of drug-likeness (QED) is 0.209. The van der Waals surface area contributed by atoms with Crippen molar-refractivity contribution in [1.82, 2.24) is 31.1 Å². The summed E-state index contributed by atoms with van der Waals surface area (Å²) in [5.74, 6) is -2.34. The molecule has 276 valence electrons. The van der Waals surface area contributed by atoms with E-state index in [4.69, 9.17) is 5.73 Å². The van der Waals surface area contributed by atoms with E-state index in [1.165, 1.54) is 0 Å². The highest BCUT2D eigenvalue weighted by Crippen LogP contribution is 2.88. The Morgan fingerprint density at radius 3 is 1.98 bits per heavy atom. The number of hydrogen-bond acceptors (Lipinski definition) is 7. The van der Waals surface area contributed by atoms with E-state index < -0.39 is 47.2 Å². The molecule has 0 aromatic heterocycles. The van der Waals surface area contributed by atoms with Gasteiger partial charge in [0.1, 0.15) is 12.1 Å². The Morgan fingerprint density at radius 1 is 0.878 bits per heavy atom. The summed E-state index contributed by atoms with van der Waals surface area (Å²) in [6.07, 6.45) is 7.04. The Labute approximate surface area is 293 Å². The predicted molar refractivity (Wildman–Crippen MR) is 188 cm³/mol. The number of likely N-dealkylation sites (tertiary alicyclic amines) is 1. The molecule has 1 unspecified atom stereocenters. The fraction of sp³-hybridized carbons (Fsp3) is 0.865. The number of nitrogens with two attached hydrogens (primary N) is 1. The fourth-order valence-corrected chi connectivity index (χ4v) is 9.63. The standard InChI is InChI=1S/C37H63N7O5/c1-33(2,3)26(21-43-17-15-39-16-18-43)41-32(49)42-28(34(4,5)6)31(48)44-22-37(35(7,8)36(37)13-10-14-36)20-25(44)30(47)40-24(27(45)29(38)46)19-23-11-9-12-23/h23-26,28,39H,9-22H2,1-8H3,(H2,38,46)(H,40,47)(H2,41,42,49)/t24?,25-,26+,28+,37+/m0/s1. The second kappa shape index (κ2) is 13.4. The van der Waals surface area contributed by atoms with Crippen molar-refractivity contribution in [2.75, 3.05) is 39.3 Å². The maximum atomic E-state index is 14.8. The van der Waals surface area contributed by atoms with Crippen molar-refractivity contribution in [1.29, 1.82) is 0 Å². The molecule has 49 heavy (non-hydrogen) atoms. The molecule has 2 saturated heterocycles. The van der Waals surface area contributed by atoms with Gasteiger partial charge in [0.05, 0.1) is 6.04 Å². The Morgan fingerprint density at radius 2 is 1.51 bits per heavy atom. The first-order chi connectivity index (χ1) is 22.7. The molecular weight excluding hydrogens is 622 g/mol. The van der Waals surface area contributed by atoms with Gasteiger partial charge in [0, 0.05) is 50.7 Å². The number of piperazine rings is 1. The molecule has 0 bridgehead atoms. The van der Waals surface area contributed by atoms with Gasteiger partial charge < -0.3 is 31.9 Å². The summed E-state index contributed by atoms with van der Waals surface area (Å²) in [4.78, 5) is 71.7. The SMILES string of the molecule is CC(C)(C)[C@H](NC(=O)N[C@H](CN1CCNCC1)C(C)(C)C)C(=O)N1C[C@]2(C[C@H]1C(=O)NC(CC1CCC1)C(=O)C(N)=O)C(C)(C)C21CCC1. The average Bonchev–Trinajstić information content (AvgIpc) is 3.19. The second-order valence-corrected chi connectivity index (χ2v) is 18.5. The van der Waals surface area contributed by atoms with E-state index in [1.54, 1.807) is 4.90 Å². The summed E-state index contributed by atoms with van der Waals surface area (Å²) in [5, 5.41) is 12.5. The van der Waals surface area contributed by atoms with E-state index >= 15 is 0 Å². The third-order valence-corrected chi connectivity index (χ3v) is 13.5. The molecule has 0 aromatic carbocycles. The van der Waals surface area contributed by atoms with Crippen LogP contribution in [0.15, 0.2) is 0 Å². The van der Waals surface area contributed by atoms with E-state index in [1.807, 2.05) is 20.8 Å². The third-order valence-electron chi connectivity index (χ3n) is 13.5. The molecule has 2 spiro atoms. The lowest BCUT2D eigenvalue weighted by atomic mass is 9.73. The Bertz CT molecular complexity index is 1300. The number of primary amides is 1. The first kappa shape index (κ1) is 37.5. The van der Waals surface area contributed by atoms with Crippen molar-refractivity contribution < 1.29 is 24.0 Å². The van der Waals surface area contributed by atoms with Crippen LogP contribution in [0.5, 0.6) is 0 Å². The molecule has 5 aliphatic rings. The predicted octanol–water partition coefficient (Wildman–Crippen LogP) is 2.55. The normalized spacial score (nSPS) is 28.2. The van der Waals surface area contributed by atoms with Crippen molar-refractivity contribution in [3.05, 3.63) is 0 Å². The lowest BCUT2D eigenvalue weighted by Crippen LogP contribution is -2.62. The van der Waals surface area contributed by atoms with Gasteiger partial charge in [-0.2, -0.15) is 0 Å². The highest BCUT2D eigenvalue weighted by molar-refractivity contribution is 6.37. The highest BCUT2D eigenvalue weighted by atomic mass is 16.2. The second-order valence-electron chi connectivity index (χ2n) is 18.5. The van der Waals surface area contributed by atoms with Crippen LogP contribution in [0.4, 0.5) is 4.79 Å². The van der Waals surface area contributed by atoms with Crippen molar-refractivity contribution in [3.63, 3.8) is 0 Å². The Hall–Kier alpha value is -2.73. The zero-order chi connectivity index (χ0) is 36.2. The molecule has 12 heteroatoms. The molecule has 5 rings (SSSR count). The summed E-state index contributed by atoms with van der Waals surface area (Å²) < 4.78 is 0. The monoisotopic (exact) mass is 685 g/mol. The van der Waals surface area contributed by atoms with E-state index in [0.717, 1.165) is 64.7 Å². The smallest absolute Gasteiger partial charge is 0.315 e. The maximum absolute atomic E-state index is 14.8. The number of nitrogens with one attached hydrogen (secondary N) is 4. The van der Waals surface area contributed by atoms with Crippen LogP contribution in [0.3, 0.4) is 0 Å². The topological polar surface area (TPSA) is 166 Å². The summed E-state index contributed by atoms with van der Waals surface area (Å²) in [6, 6.07) is -3.32. The molecule has 6 N–H and O–H groups in total. The number of hydrogen-bond donors (Lipinski definition) is 5. The van der Waals surface area contributed by atoms with Crippen LogP contribution in [-0.2, 0) is 19.2 Å². The van der Waals surface area contributed by atoms with E-state index in [2.05, 4.69) is 60.8 Å². The zero-order valence-corrected chi connectivity index (χ0v) is 31.3. The number of carbonyl (C=O) groups is 5. The maximum Gasteiger partial charge on any atom is 0.315 e. The number of ketones is 1. The molecule has 5 amide bonds. The third kappa shape index (κ3) is 6.97. The minimum Gasteiger partial charge on any atom is -0.363 e. The average molecular weight is 686 g/mol. The molecule has 0 aromatic rings. The lowest BCUT2D eigenvalue weighted by molar-refractivity contribution is -0.143. The first-order valence-electron chi connectivity index (χ1n) is 18.7. The van der Waals surface area contributed by atoms with Gasteiger partial charge in [-0.15, -0.1) is 0 Å². The van der Waals surface area contributed by atoms with Crippen LogP contribution in [0.25, 0.3) is 0 Å². The molecule has 2 heterocycles. The van der Waals surface area contributed by atoms with E-state index in [9.17, 15) is 24.0 Å². The van der Waals surface area contributed by atoms with Gasteiger partial charge in [0.25, 0.3) is 5.91 Å². The van der Waals surface area contributed by atoms with Crippen molar-refractivity contribution in [2.24, 2.45) is 38.7 Å². The summed E-state index contributed by atoms with van der Waals surface area (Å²) in [5.41, 5.74) is 4.30. The van der Waals surface area contributed by atoms with Crippen molar-refractivity contribution >= 4 is 29.5 Å². The van der Waals surface area contributed by atoms with Gasteiger partial charge >= 0.3 is 6.03 Å². The minimum atomic E-state index is -1.06. The molecule has 2 aliphatic heterocycles. The molecule has 5 fully saturated rings. The Balaban J connectivity index is 1.38. The molecule has 0 radical (unpaired) electrons. The van der Waals surface area contributed by atoms with E-state index in [0.29, 0.717) is 25.9 Å². The molecule has 3 aliphatic carbocycles. The summed E-state index contributed by atoms with van der Waals surface area (Å²) >= 11 is 0. The number of fused-ring (bicyclic) bond motifs is 1. The largest absolute Gasteiger partial charge is 0.363 e. The Kier molecular flexibility index (Phi) is 10.3. The van der Waals surface area contributed by atoms with Gasteiger partial charge in [0.15, 0.2) is 0 Å². The van der Waals surface area contributed by atoms with Gasteiger partial charge in [-0.1, -0.05) is 81.1 Å². The minimum absolute atomic E-state index is 0.0634. The van der Waals surface area contributed by atoms with Crippen LogP contribution in [0.1, 0.15) is 107 Å². The summed E-state index contributed by atoms with van der Waals surface area (Å²) in [6.45, 7) is 21.3. The lowest BCUT2D eigenvalue weighted by Gasteiger charge is -2.39. The summed E-state index contributed by atoms with van der Waals surface area (Å²) in [7, 11) is 0. The molecule has 5 atom stereocenters. The zero-order valence-electron chi connectivity index (χ0n) is 31.3. The van der Waals surface area contributed by atoms with Gasteiger partial charge in [-0.05, 0) is 53.3 Å². The number of carbonyl (C=O) groups excluding carboxylic acids is 5. The van der Waals surface area contributed by atoms with Gasteiger partial charge in [0.2, 0.25) is 17.6 Å². The molecular formula is C37H63N7O5. The van der Waals surface area contributed by atoms with Crippen LogP contribution in [0, 0.1) is 33.0 Å².